The van der Waals surface area contributed by atoms with Gasteiger partial charge in [-0.2, -0.15) is 0 Å². The summed E-state index contributed by atoms with van der Waals surface area (Å²) in [5, 5.41) is 4.07. The zero-order valence-corrected chi connectivity index (χ0v) is 18.9. The number of aromatic nitrogens is 2. The Balaban J connectivity index is 1.76. The molecule has 0 fully saturated rings. The molecule has 0 bridgehead atoms. The lowest BCUT2D eigenvalue weighted by atomic mass is 10.1. The molecular weight excluding hydrogens is 447 g/mol. The maximum absolute atomic E-state index is 13.4. The lowest BCUT2D eigenvalue weighted by molar-refractivity contribution is 0.255. The topological polar surface area (TPSA) is 78.1 Å². The molecule has 32 heavy (non-hydrogen) atoms. The fourth-order valence-corrected chi connectivity index (χ4v) is 3.77. The number of halogens is 2. The number of H-pyrrole nitrogens is 1. The molecule has 1 aromatic heterocycles. The number of carbonyl (C=O) groups excluding carboxylic acids is 1. The predicted octanol–water partition coefficient (Wildman–Crippen LogP) is 6.34. The van der Waals surface area contributed by atoms with Crippen LogP contribution >= 0.6 is 23.2 Å². The minimum atomic E-state index is -0.572. The number of nitrogens with one attached hydrogen (secondary N) is 2. The third-order valence-electron chi connectivity index (χ3n) is 5.08. The molecule has 0 saturated carbocycles. The predicted molar refractivity (Wildman–Crippen MR) is 130 cm³/mol. The highest BCUT2D eigenvalue weighted by Gasteiger charge is 2.26. The van der Waals surface area contributed by atoms with Gasteiger partial charge in [-0.3, -0.25) is 9.69 Å². The van der Waals surface area contributed by atoms with Crippen LogP contribution in [0.2, 0.25) is 10.0 Å². The van der Waals surface area contributed by atoms with Gasteiger partial charge in [-0.1, -0.05) is 47.5 Å². The number of hydrogen-bond acceptors (Lipinski definition) is 3. The van der Waals surface area contributed by atoms with Crippen LogP contribution in [0.1, 0.15) is 24.4 Å². The molecular formula is C24H20Cl2N4O2. The molecule has 0 aliphatic rings. The minimum Gasteiger partial charge on any atom is -0.308 e. The third kappa shape index (κ3) is 4.47. The Morgan fingerprint density at radius 3 is 2.56 bits per heavy atom. The average molecular weight is 467 g/mol. The van der Waals surface area contributed by atoms with Crippen LogP contribution in [-0.2, 0) is 0 Å². The summed E-state index contributed by atoms with van der Waals surface area (Å²) in [6, 6.07) is 18.5. The van der Waals surface area contributed by atoms with Crippen LogP contribution in [0.5, 0.6) is 0 Å². The van der Waals surface area contributed by atoms with Crippen molar-refractivity contribution >= 4 is 51.5 Å². The molecule has 0 spiro atoms. The van der Waals surface area contributed by atoms with Gasteiger partial charge in [0.25, 0.3) is 5.56 Å². The Morgan fingerprint density at radius 1 is 1.03 bits per heavy atom. The summed E-state index contributed by atoms with van der Waals surface area (Å²) >= 11 is 12.1. The van der Waals surface area contributed by atoms with Crippen molar-refractivity contribution < 1.29 is 4.79 Å². The number of nitrogens with zero attached hydrogens (tertiary/aromatic N) is 2. The van der Waals surface area contributed by atoms with E-state index in [0.717, 1.165) is 5.56 Å². The van der Waals surface area contributed by atoms with Gasteiger partial charge in [-0.15, -0.1) is 0 Å². The number of carbonyl (C=O) groups is 1. The molecule has 3 aromatic carbocycles. The Morgan fingerprint density at radius 2 is 1.81 bits per heavy atom. The molecule has 4 rings (SSSR count). The maximum atomic E-state index is 13.4. The van der Waals surface area contributed by atoms with Gasteiger partial charge >= 0.3 is 6.03 Å². The summed E-state index contributed by atoms with van der Waals surface area (Å²) in [5.41, 5.74) is 2.45. The summed E-state index contributed by atoms with van der Waals surface area (Å²) in [4.78, 5) is 35.0. The number of amides is 2. The van der Waals surface area contributed by atoms with Crippen LogP contribution < -0.4 is 15.8 Å². The highest BCUT2D eigenvalue weighted by molar-refractivity contribution is 6.42. The van der Waals surface area contributed by atoms with E-state index in [1.165, 1.54) is 0 Å². The number of hydrogen-bond donors (Lipinski definition) is 2. The molecule has 2 amide bonds. The first-order chi connectivity index (χ1) is 15.3. The molecule has 4 aromatic rings. The number of para-hydroxylation sites is 1. The molecule has 8 heteroatoms. The molecule has 0 radical (unpaired) electrons. The molecule has 0 aliphatic carbocycles. The number of aromatic amines is 1. The molecule has 6 nitrogen and oxygen atoms in total. The summed E-state index contributed by atoms with van der Waals surface area (Å²) in [6.07, 6.45) is 0. The lowest BCUT2D eigenvalue weighted by Crippen LogP contribution is -2.38. The van der Waals surface area contributed by atoms with E-state index in [4.69, 9.17) is 23.2 Å². The molecule has 162 valence electrons. The van der Waals surface area contributed by atoms with Crippen LogP contribution in [-0.4, -0.2) is 16.0 Å². The fraction of sp³-hybridized carbons (Fsp3) is 0.125. The van der Waals surface area contributed by atoms with E-state index in [1.54, 1.807) is 41.3 Å². The molecule has 2 N–H and O–H groups in total. The van der Waals surface area contributed by atoms with Crippen LogP contribution in [0.15, 0.2) is 71.5 Å². The van der Waals surface area contributed by atoms with Crippen molar-refractivity contribution in [2.45, 2.75) is 19.9 Å². The van der Waals surface area contributed by atoms with Gasteiger partial charge < -0.3 is 10.3 Å². The molecule has 1 atom stereocenters. The highest BCUT2D eigenvalue weighted by atomic mass is 35.5. The van der Waals surface area contributed by atoms with E-state index in [2.05, 4.69) is 15.3 Å². The standard InChI is InChI=1S/C24H20Cl2N4O2/c1-14-6-5-7-17(12-14)30(24(32)27-16-10-11-19(25)20(26)13-16)15(2)22-28-21-9-4-3-8-18(21)23(31)29-22/h3-13,15H,1-2H3,(H,27,32)(H,28,29,31). The zero-order valence-electron chi connectivity index (χ0n) is 17.4. The number of fused-ring (bicyclic) bond motifs is 1. The second kappa shape index (κ2) is 9.02. The highest BCUT2D eigenvalue weighted by Crippen LogP contribution is 2.29. The quantitative estimate of drug-likeness (QED) is 0.368. The van der Waals surface area contributed by atoms with E-state index >= 15 is 0 Å². The van der Waals surface area contributed by atoms with Gasteiger partial charge in [-0.25, -0.2) is 9.78 Å². The first-order valence-corrected chi connectivity index (χ1v) is 10.7. The largest absolute Gasteiger partial charge is 0.326 e. The second-order valence-corrected chi connectivity index (χ2v) is 8.23. The van der Waals surface area contributed by atoms with Crippen LogP contribution in [0, 0.1) is 6.92 Å². The normalized spacial score (nSPS) is 11.9. The number of aryl methyl sites for hydroxylation is 1. The van der Waals surface area contributed by atoms with Gasteiger partial charge in [0, 0.05) is 11.4 Å². The van der Waals surface area contributed by atoms with Crippen molar-refractivity contribution in [1.29, 1.82) is 0 Å². The van der Waals surface area contributed by atoms with E-state index < -0.39 is 12.1 Å². The Kier molecular flexibility index (Phi) is 6.17. The van der Waals surface area contributed by atoms with E-state index in [1.807, 2.05) is 44.2 Å². The third-order valence-corrected chi connectivity index (χ3v) is 5.82. The second-order valence-electron chi connectivity index (χ2n) is 7.41. The number of anilines is 2. The van der Waals surface area contributed by atoms with Crippen LogP contribution in [0.4, 0.5) is 16.2 Å². The fourth-order valence-electron chi connectivity index (χ4n) is 3.48. The molecule has 1 heterocycles. The van der Waals surface area contributed by atoms with E-state index in [-0.39, 0.29) is 5.56 Å². The van der Waals surface area contributed by atoms with Crippen molar-refractivity contribution in [3.63, 3.8) is 0 Å². The Labute approximate surface area is 194 Å². The van der Waals surface area contributed by atoms with Gasteiger partial charge in [0.05, 0.1) is 27.0 Å². The van der Waals surface area contributed by atoms with Crippen LogP contribution in [0.25, 0.3) is 10.9 Å². The average Bonchev–Trinajstić information content (AvgIpc) is 2.76. The number of rotatable bonds is 4. The van der Waals surface area contributed by atoms with Crippen molar-refractivity contribution in [1.82, 2.24) is 9.97 Å². The van der Waals surface area contributed by atoms with E-state index in [0.29, 0.717) is 38.1 Å². The number of urea groups is 1. The smallest absolute Gasteiger partial charge is 0.308 e. The summed E-state index contributed by atoms with van der Waals surface area (Å²) in [6.45, 7) is 3.75. The van der Waals surface area contributed by atoms with Crippen molar-refractivity contribution in [3.05, 3.63) is 98.5 Å². The minimum absolute atomic E-state index is 0.258. The van der Waals surface area contributed by atoms with Crippen LogP contribution in [0.3, 0.4) is 0 Å². The summed E-state index contributed by atoms with van der Waals surface area (Å²) in [5.74, 6) is 0.375. The molecule has 0 aliphatic heterocycles. The zero-order chi connectivity index (χ0) is 22.8. The van der Waals surface area contributed by atoms with Crippen molar-refractivity contribution in [2.24, 2.45) is 0 Å². The lowest BCUT2D eigenvalue weighted by Gasteiger charge is -2.29. The van der Waals surface area contributed by atoms with Crippen molar-refractivity contribution in [3.8, 4) is 0 Å². The Hall–Kier alpha value is -3.35. The first kappa shape index (κ1) is 21.9. The van der Waals surface area contributed by atoms with Gasteiger partial charge in [0.2, 0.25) is 0 Å². The number of benzene rings is 3. The van der Waals surface area contributed by atoms with Gasteiger partial charge in [0.1, 0.15) is 5.82 Å². The van der Waals surface area contributed by atoms with Gasteiger partial charge in [-0.05, 0) is 61.9 Å². The monoisotopic (exact) mass is 466 g/mol. The summed E-state index contributed by atoms with van der Waals surface area (Å²) in [7, 11) is 0. The summed E-state index contributed by atoms with van der Waals surface area (Å²) < 4.78 is 0. The molecule has 1 unspecified atom stereocenters. The SMILES string of the molecule is Cc1cccc(N(C(=O)Nc2ccc(Cl)c(Cl)c2)C(C)c2nc3ccccc3c(=O)[nH]2)c1. The Bertz CT molecular complexity index is 1370. The first-order valence-electron chi connectivity index (χ1n) is 9.94. The maximum Gasteiger partial charge on any atom is 0.326 e. The molecule has 0 saturated heterocycles. The van der Waals surface area contributed by atoms with Crippen molar-refractivity contribution in [2.75, 3.05) is 10.2 Å². The van der Waals surface area contributed by atoms with E-state index in [9.17, 15) is 9.59 Å². The van der Waals surface area contributed by atoms with Gasteiger partial charge in [0.15, 0.2) is 0 Å².